The molecule has 2 aliphatic rings. The third-order valence-corrected chi connectivity index (χ3v) is 24.5. The number of nitrogens with zero attached hydrogens (tertiary/aromatic N) is 4. The Morgan fingerprint density at radius 3 is 1.39 bits per heavy atom. The van der Waals surface area contributed by atoms with E-state index in [1.807, 2.05) is 6.92 Å². The Bertz CT molecular complexity index is 3460. The van der Waals surface area contributed by atoms with E-state index in [1.54, 1.807) is 26.1 Å². The van der Waals surface area contributed by atoms with Crippen LogP contribution >= 0.6 is 6.72 Å². The third-order valence-electron chi connectivity index (χ3n) is 22.9. The lowest BCUT2D eigenvalue weighted by Crippen LogP contribution is -2.33. The van der Waals surface area contributed by atoms with Crippen molar-refractivity contribution in [1.82, 2.24) is 24.0 Å². The van der Waals surface area contributed by atoms with Gasteiger partial charge in [-0.1, -0.05) is 317 Å². The molecule has 2 saturated heterocycles. The maximum atomic E-state index is 14.5. The zero-order chi connectivity index (χ0) is 85.9. The Morgan fingerprint density at radius 2 is 0.958 bits per heavy atom. The molecule has 0 bridgehead atoms. The molecule has 3 unspecified atom stereocenters. The van der Waals surface area contributed by atoms with E-state index in [-0.39, 0.29) is 74.7 Å². The molecule has 678 valence electrons. The lowest BCUT2D eigenvalue weighted by atomic mass is 10.0. The normalized spacial score (nSPS) is 17.0. The Kier molecular flexibility index (Phi) is 55.8. The second-order valence-electron chi connectivity index (χ2n) is 33.5. The lowest BCUT2D eigenvalue weighted by Gasteiger charge is -2.25. The molecule has 1 aromatic carbocycles. The molecule has 3 aromatic rings. The van der Waals surface area contributed by atoms with Gasteiger partial charge in [-0.05, 0) is 69.5 Å². The molecule has 0 saturated carbocycles. The van der Waals surface area contributed by atoms with E-state index in [9.17, 15) is 43.2 Å². The molecule has 2 aromatic heterocycles. The maximum Gasteiger partial charge on any atom is 0.351 e. The summed E-state index contributed by atoms with van der Waals surface area (Å²) in [5.41, 5.74) is -1.41. The number of ketones is 1. The summed E-state index contributed by atoms with van der Waals surface area (Å²) in [6.07, 6.45) is 57.7. The van der Waals surface area contributed by atoms with E-state index in [0.717, 1.165) is 62.4 Å². The Hall–Kier alpha value is -5.82. The summed E-state index contributed by atoms with van der Waals surface area (Å²) >= 11 is 5.42. The monoisotopic (exact) mass is 1710 g/mol. The van der Waals surface area contributed by atoms with Crippen molar-refractivity contribution < 1.29 is 71.1 Å². The van der Waals surface area contributed by atoms with Gasteiger partial charge < -0.3 is 62.1 Å². The number of nitrogens with one attached hydrogen (secondary N) is 2. The minimum absolute atomic E-state index is 0.0509. The average molecular weight is 1710 g/mol. The fourth-order valence-electron chi connectivity index (χ4n) is 15.5. The van der Waals surface area contributed by atoms with Crippen molar-refractivity contribution in [2.45, 2.75) is 432 Å². The fraction of sp³-hybridized carbons (Fsp3) is 0.796. The van der Waals surface area contributed by atoms with Crippen molar-refractivity contribution in [3.8, 4) is 17.2 Å². The zero-order valence-electron chi connectivity index (χ0n) is 74.5. The highest BCUT2D eigenvalue weighted by molar-refractivity contribution is 8.07. The van der Waals surface area contributed by atoms with E-state index >= 15 is 0 Å². The molecule has 2 fully saturated rings. The van der Waals surface area contributed by atoms with Gasteiger partial charge in [0.15, 0.2) is 11.5 Å². The summed E-state index contributed by atoms with van der Waals surface area (Å²) in [5, 5.41) is 2.55. The standard InChI is InChI=1S/C93H157N6O18PS/c1-8-12-15-18-21-24-27-30-33-36-39-42-45-48-51-54-64-109-80-68-76(69-81(110-65-55-52-49-46-43-40-37-34-31-28-25-22-19-16-13-9-2)89(80)112-66-56-53-50-47-44-41-38-35-32-29-26-23-20-17-14-10-3)91(105)97(7)63-67-111-87(102)60-58-84(101)94-83-61-62-98(92(106)95-83)85-70-78(116-88(103)59-57-75(6)100)82(115-85)73-113-118(108,119)117-79-71-86(114-77(79)11-4)99-72-74(5)90(104)96-93(99)107/h61-62,68-69,72,77-79,82,85-86H,8-60,63-67,70-71,73H2,1-7H3,(H,108,119)(H,96,104,107)(H,94,95,101,106)/t77-,78?,79?,82-,85-,86-,118?/m1/s1. The van der Waals surface area contributed by atoms with Crippen LogP contribution in [0.5, 0.6) is 17.2 Å². The minimum atomic E-state index is -4.11. The highest BCUT2D eigenvalue weighted by Crippen LogP contribution is 2.50. The number of esters is 2. The first-order chi connectivity index (χ1) is 57.7. The van der Waals surface area contributed by atoms with Crippen LogP contribution in [-0.2, 0) is 59.0 Å². The van der Waals surface area contributed by atoms with Crippen molar-refractivity contribution in [3.05, 3.63) is 73.0 Å². The molecule has 119 heavy (non-hydrogen) atoms. The number of aromatic nitrogens is 4. The second-order valence-corrected chi connectivity index (χ2v) is 36.3. The molecule has 4 heterocycles. The predicted octanol–water partition coefficient (Wildman–Crippen LogP) is 21.9. The number of Topliss-reactive ketones (excluding diaryl/α,β-unsaturated/α-hetero) is 1. The summed E-state index contributed by atoms with van der Waals surface area (Å²) in [6.45, 7) is 8.30. The summed E-state index contributed by atoms with van der Waals surface area (Å²) < 4.78 is 57.6. The van der Waals surface area contributed by atoms with Crippen LogP contribution in [0.15, 0.2) is 45.0 Å². The molecule has 0 spiro atoms. The molecule has 7 atom stereocenters. The van der Waals surface area contributed by atoms with Gasteiger partial charge in [-0.2, -0.15) is 4.98 Å². The van der Waals surface area contributed by atoms with Gasteiger partial charge in [0.05, 0.1) is 58.0 Å². The summed E-state index contributed by atoms with van der Waals surface area (Å²) in [4.78, 5) is 123. The molecule has 24 nitrogen and oxygen atoms in total. The van der Waals surface area contributed by atoms with Crippen LogP contribution in [0.4, 0.5) is 5.82 Å². The highest BCUT2D eigenvalue weighted by Gasteiger charge is 2.43. The van der Waals surface area contributed by atoms with Gasteiger partial charge in [0.1, 0.15) is 42.9 Å². The fourth-order valence-corrected chi connectivity index (χ4v) is 17.0. The topological polar surface area (TPSA) is 294 Å². The molecular weight excluding hydrogens is 1550 g/mol. The highest BCUT2D eigenvalue weighted by atomic mass is 32.5. The number of hydrogen-bond acceptors (Lipinski definition) is 19. The number of unbranched alkanes of at least 4 members (excludes halogenated alkanes) is 45. The smallest absolute Gasteiger partial charge is 0.351 e. The summed E-state index contributed by atoms with van der Waals surface area (Å²) in [5.74, 6) is -1.19. The van der Waals surface area contributed by atoms with Gasteiger partial charge in [-0.25, -0.2) is 9.59 Å². The Morgan fingerprint density at radius 1 is 0.546 bits per heavy atom. The number of carbonyl (C=O) groups is 5. The molecule has 26 heteroatoms. The van der Waals surface area contributed by atoms with Crippen LogP contribution in [-0.4, -0.2) is 129 Å². The van der Waals surface area contributed by atoms with E-state index in [4.69, 9.17) is 54.0 Å². The van der Waals surface area contributed by atoms with Gasteiger partial charge in [-0.15, -0.1) is 0 Å². The predicted molar refractivity (Wildman–Crippen MR) is 476 cm³/mol. The van der Waals surface area contributed by atoms with E-state index in [1.165, 1.54) is 285 Å². The number of hydrogen-bond donors (Lipinski definition) is 3. The molecule has 0 aliphatic carbocycles. The largest absolute Gasteiger partial charge is 0.490 e. The SMILES string of the molecule is CCCCCCCCCCCCCCCCCCOc1cc(C(=O)N(C)CCOC(=O)CCC(=O)Nc2ccn([C@H]3CC(OC(=O)CCC(C)=O)[C@@H](COP(O)(=S)OC4C[C@H](n5cc(C)c(=O)[nH]c5=O)O[C@@H]4CC)O3)c(=O)n2)cc(OCCCCCCCCCCCCCCCCCC)c1OCCCCCCCCCCCCCCCCCC. The molecular formula is C93H157N6O18PS. The van der Waals surface area contributed by atoms with Crippen LogP contribution in [0.1, 0.15) is 416 Å². The first-order valence-corrected chi connectivity index (χ1v) is 49.7. The second kappa shape index (κ2) is 64.0. The third kappa shape index (κ3) is 45.4. The number of aryl methyl sites for hydroxylation is 1. The summed E-state index contributed by atoms with van der Waals surface area (Å²) in [6, 6.07) is 4.89. The van der Waals surface area contributed by atoms with Gasteiger partial charge in [-0.3, -0.25) is 38.1 Å². The first-order valence-electron chi connectivity index (χ1n) is 47.1. The van der Waals surface area contributed by atoms with Crippen LogP contribution < -0.4 is 36.5 Å². The van der Waals surface area contributed by atoms with Crippen molar-refractivity contribution in [1.29, 1.82) is 0 Å². The van der Waals surface area contributed by atoms with Gasteiger partial charge in [0.25, 0.3) is 11.5 Å². The van der Waals surface area contributed by atoms with E-state index in [2.05, 4.69) is 36.1 Å². The maximum absolute atomic E-state index is 14.5. The quantitative estimate of drug-likeness (QED) is 0.0269. The Labute approximate surface area is 718 Å². The van der Waals surface area contributed by atoms with Crippen LogP contribution in [0.2, 0.25) is 0 Å². The van der Waals surface area contributed by atoms with Crippen molar-refractivity contribution >= 4 is 53.9 Å². The average Bonchev–Trinajstić information content (AvgIpc) is 1.77. The van der Waals surface area contributed by atoms with E-state index in [0.29, 0.717) is 49.1 Å². The number of likely N-dealkylation sites (N-methyl/N-ethyl adjacent to an activating group) is 1. The van der Waals surface area contributed by atoms with Crippen molar-refractivity contribution in [2.75, 3.05) is 51.9 Å². The van der Waals surface area contributed by atoms with Gasteiger partial charge in [0.2, 0.25) is 11.7 Å². The van der Waals surface area contributed by atoms with Gasteiger partial charge >= 0.3 is 30.0 Å². The zero-order valence-corrected chi connectivity index (χ0v) is 76.2. The number of H-pyrrole nitrogens is 1. The first kappa shape index (κ1) is 104. The van der Waals surface area contributed by atoms with Crippen LogP contribution in [0, 0.1) is 6.92 Å². The van der Waals surface area contributed by atoms with Crippen LogP contribution in [0.25, 0.3) is 0 Å². The Balaban J connectivity index is 1.16. The number of amides is 2. The molecule has 5 rings (SSSR count). The minimum Gasteiger partial charge on any atom is -0.490 e. The molecule has 2 amide bonds. The van der Waals surface area contributed by atoms with Crippen molar-refractivity contribution in [3.63, 3.8) is 0 Å². The number of benzene rings is 1. The van der Waals surface area contributed by atoms with Gasteiger partial charge in [0, 0.05) is 56.3 Å². The number of anilines is 1. The van der Waals surface area contributed by atoms with Crippen molar-refractivity contribution in [2.24, 2.45) is 0 Å². The number of rotatable bonds is 74. The van der Waals surface area contributed by atoms with E-state index < -0.39 is 85.0 Å². The number of ether oxygens (including phenoxy) is 7. The molecule has 0 radical (unpaired) electrons. The summed E-state index contributed by atoms with van der Waals surface area (Å²) in [7, 11) is 1.65. The molecule has 2 aliphatic heterocycles. The van der Waals surface area contributed by atoms with Crippen LogP contribution in [0.3, 0.4) is 0 Å². The molecule has 3 N–H and O–H groups in total. The number of aromatic amines is 1. The number of carbonyl (C=O) groups excluding carboxylic acids is 5. The lowest BCUT2D eigenvalue weighted by molar-refractivity contribution is -0.153.